The van der Waals surface area contributed by atoms with E-state index in [4.69, 9.17) is 0 Å². The van der Waals surface area contributed by atoms with E-state index >= 15 is 0 Å². The van der Waals surface area contributed by atoms with Gasteiger partial charge >= 0.3 is 0 Å². The lowest BCUT2D eigenvalue weighted by molar-refractivity contribution is 0.282. The van der Waals surface area contributed by atoms with E-state index in [1.54, 1.807) is 6.07 Å². The molecule has 0 heterocycles. The highest BCUT2D eigenvalue weighted by Crippen LogP contribution is 2.42. The molecule has 5 aromatic rings. The molecule has 0 atom stereocenters. The van der Waals surface area contributed by atoms with E-state index in [2.05, 4.69) is 54.6 Å². The molecule has 0 aliphatic carbocycles. The third-order valence-electron chi connectivity index (χ3n) is 6.16. The number of aromatic hydroxyl groups is 1. The van der Waals surface area contributed by atoms with Gasteiger partial charge in [0.2, 0.25) is 0 Å². The first-order chi connectivity index (χ1) is 16.7. The number of rotatable bonds is 6. The third-order valence-corrected chi connectivity index (χ3v) is 6.16. The van der Waals surface area contributed by atoms with E-state index in [0.717, 1.165) is 50.1 Å². The molecule has 0 aromatic heterocycles. The van der Waals surface area contributed by atoms with Crippen LogP contribution < -0.4 is 0 Å². The van der Waals surface area contributed by atoms with E-state index in [-0.39, 0.29) is 6.61 Å². The molecule has 5 rings (SSSR count). The van der Waals surface area contributed by atoms with Crippen LogP contribution in [0.1, 0.15) is 16.7 Å². The van der Waals surface area contributed by atoms with Gasteiger partial charge in [-0.1, -0.05) is 97.1 Å². The van der Waals surface area contributed by atoms with E-state index in [0.29, 0.717) is 12.2 Å². The Bertz CT molecular complexity index is 1330. The fourth-order valence-corrected chi connectivity index (χ4v) is 4.49. The third kappa shape index (κ3) is 4.50. The van der Waals surface area contributed by atoms with Crippen molar-refractivity contribution in [3.8, 4) is 39.1 Å². The first kappa shape index (κ1) is 21.7. The zero-order chi connectivity index (χ0) is 23.3. The van der Waals surface area contributed by atoms with Crippen molar-refractivity contribution in [3.05, 3.63) is 138 Å². The Morgan fingerprint density at radius 1 is 0.500 bits per heavy atom. The van der Waals surface area contributed by atoms with Crippen molar-refractivity contribution in [2.75, 3.05) is 0 Å². The standard InChI is InChI=1S/C32H26O2/c33-22-24-19-29(25-12-6-2-7-13-25)32(30(20-24)26-14-8-3-9-15-26)27-16-17-31(34)28(21-27)18-23-10-4-1-5-11-23/h1-17,19-21,33-34H,18,22H2. The number of phenolic OH excluding ortho intramolecular Hbond substituents is 1. The van der Waals surface area contributed by atoms with E-state index < -0.39 is 0 Å². The highest BCUT2D eigenvalue weighted by molar-refractivity contribution is 5.95. The van der Waals surface area contributed by atoms with Crippen LogP contribution in [-0.2, 0) is 13.0 Å². The SMILES string of the molecule is OCc1cc(-c2ccccc2)c(-c2ccc(O)c(Cc3ccccc3)c2)c(-c2ccccc2)c1. The molecule has 0 amide bonds. The van der Waals surface area contributed by atoms with E-state index in [9.17, 15) is 10.2 Å². The maximum absolute atomic E-state index is 10.7. The van der Waals surface area contributed by atoms with Crippen LogP contribution in [0.5, 0.6) is 5.75 Å². The lowest BCUT2D eigenvalue weighted by Crippen LogP contribution is -1.96. The van der Waals surface area contributed by atoms with Crippen LogP contribution in [0.2, 0.25) is 0 Å². The topological polar surface area (TPSA) is 40.5 Å². The van der Waals surface area contributed by atoms with Crippen molar-refractivity contribution in [1.29, 1.82) is 0 Å². The molecule has 0 saturated heterocycles. The number of hydrogen-bond acceptors (Lipinski definition) is 2. The van der Waals surface area contributed by atoms with Crippen LogP contribution in [0.3, 0.4) is 0 Å². The number of benzene rings is 5. The number of phenols is 1. The molecule has 0 aliphatic rings. The molecule has 5 aromatic carbocycles. The maximum atomic E-state index is 10.7. The number of aliphatic hydroxyl groups excluding tert-OH is 1. The minimum Gasteiger partial charge on any atom is -0.508 e. The molecule has 2 N–H and O–H groups in total. The van der Waals surface area contributed by atoms with Gasteiger partial charge in [0.25, 0.3) is 0 Å². The molecule has 0 saturated carbocycles. The molecule has 0 radical (unpaired) electrons. The lowest BCUT2D eigenvalue weighted by Gasteiger charge is -2.19. The van der Waals surface area contributed by atoms with Crippen molar-refractivity contribution in [1.82, 2.24) is 0 Å². The highest BCUT2D eigenvalue weighted by Gasteiger charge is 2.17. The van der Waals surface area contributed by atoms with Crippen LogP contribution in [0.25, 0.3) is 33.4 Å². The zero-order valence-corrected chi connectivity index (χ0v) is 18.9. The summed E-state index contributed by atoms with van der Waals surface area (Å²) in [6, 6.07) is 40.7. The fourth-order valence-electron chi connectivity index (χ4n) is 4.49. The van der Waals surface area contributed by atoms with Gasteiger partial charge in [-0.2, -0.15) is 0 Å². The molecule has 0 unspecified atom stereocenters. The average molecular weight is 443 g/mol. The van der Waals surface area contributed by atoms with Crippen LogP contribution in [0, 0.1) is 0 Å². The summed E-state index contributed by atoms with van der Waals surface area (Å²) in [5.41, 5.74) is 9.31. The van der Waals surface area contributed by atoms with Crippen molar-refractivity contribution >= 4 is 0 Å². The second-order valence-corrected chi connectivity index (χ2v) is 8.46. The summed E-state index contributed by atoms with van der Waals surface area (Å²) in [5.74, 6) is 0.294. The summed E-state index contributed by atoms with van der Waals surface area (Å²) in [4.78, 5) is 0. The van der Waals surface area contributed by atoms with Gasteiger partial charge in [-0.05, 0) is 74.3 Å². The van der Waals surface area contributed by atoms with Gasteiger partial charge in [0.05, 0.1) is 6.61 Å². The van der Waals surface area contributed by atoms with Gasteiger partial charge in [0.15, 0.2) is 0 Å². The van der Waals surface area contributed by atoms with Crippen LogP contribution in [0.4, 0.5) is 0 Å². The molecule has 2 nitrogen and oxygen atoms in total. The Balaban J connectivity index is 1.75. The van der Waals surface area contributed by atoms with Crippen LogP contribution in [-0.4, -0.2) is 10.2 Å². The monoisotopic (exact) mass is 442 g/mol. The summed E-state index contributed by atoms with van der Waals surface area (Å²) < 4.78 is 0. The van der Waals surface area contributed by atoms with Crippen molar-refractivity contribution in [3.63, 3.8) is 0 Å². The zero-order valence-electron chi connectivity index (χ0n) is 18.9. The summed E-state index contributed by atoms with van der Waals surface area (Å²) in [7, 11) is 0. The second-order valence-electron chi connectivity index (χ2n) is 8.46. The van der Waals surface area contributed by atoms with Crippen molar-refractivity contribution in [2.24, 2.45) is 0 Å². The fraction of sp³-hybridized carbons (Fsp3) is 0.0625. The molecular weight excluding hydrogens is 416 g/mol. The summed E-state index contributed by atoms with van der Waals surface area (Å²) in [6.45, 7) is -0.0330. The maximum Gasteiger partial charge on any atom is 0.119 e. The normalized spacial score (nSPS) is 10.9. The van der Waals surface area contributed by atoms with E-state index in [1.165, 1.54) is 0 Å². The van der Waals surface area contributed by atoms with Gasteiger partial charge in [0.1, 0.15) is 5.75 Å². The predicted molar refractivity (Wildman–Crippen MR) is 140 cm³/mol. The van der Waals surface area contributed by atoms with Crippen LogP contribution >= 0.6 is 0 Å². The second kappa shape index (κ2) is 9.78. The molecule has 34 heavy (non-hydrogen) atoms. The quantitative estimate of drug-likeness (QED) is 0.286. The Morgan fingerprint density at radius 3 is 1.56 bits per heavy atom. The van der Waals surface area contributed by atoms with Crippen LogP contribution in [0.15, 0.2) is 121 Å². The molecule has 0 bridgehead atoms. The average Bonchev–Trinajstić information content (AvgIpc) is 2.91. The molecular formula is C32H26O2. The predicted octanol–water partition coefficient (Wildman–Crippen LogP) is 7.48. The Morgan fingerprint density at radius 2 is 1.03 bits per heavy atom. The summed E-state index contributed by atoms with van der Waals surface area (Å²) >= 11 is 0. The molecule has 0 spiro atoms. The van der Waals surface area contributed by atoms with Gasteiger partial charge in [-0.3, -0.25) is 0 Å². The first-order valence-electron chi connectivity index (χ1n) is 11.5. The summed E-state index contributed by atoms with van der Waals surface area (Å²) in [6.07, 6.45) is 0.649. The largest absolute Gasteiger partial charge is 0.508 e. The Kier molecular flexibility index (Phi) is 6.24. The van der Waals surface area contributed by atoms with Gasteiger partial charge < -0.3 is 10.2 Å². The Labute approximate surface area is 200 Å². The van der Waals surface area contributed by atoms with Gasteiger partial charge in [-0.25, -0.2) is 0 Å². The lowest BCUT2D eigenvalue weighted by atomic mass is 9.85. The number of hydrogen-bond donors (Lipinski definition) is 2. The molecule has 0 aliphatic heterocycles. The minimum absolute atomic E-state index is 0.0330. The van der Waals surface area contributed by atoms with E-state index in [1.807, 2.05) is 60.7 Å². The molecule has 166 valence electrons. The number of aliphatic hydroxyl groups is 1. The van der Waals surface area contributed by atoms with Gasteiger partial charge in [0, 0.05) is 6.42 Å². The van der Waals surface area contributed by atoms with Crippen molar-refractivity contribution < 1.29 is 10.2 Å². The highest BCUT2D eigenvalue weighted by atomic mass is 16.3. The molecule has 0 fully saturated rings. The smallest absolute Gasteiger partial charge is 0.119 e. The summed E-state index contributed by atoms with van der Waals surface area (Å²) in [5, 5.41) is 20.7. The Hall–Kier alpha value is -4.14. The first-order valence-corrected chi connectivity index (χ1v) is 11.5. The molecule has 2 heteroatoms. The minimum atomic E-state index is -0.0330. The van der Waals surface area contributed by atoms with Gasteiger partial charge in [-0.15, -0.1) is 0 Å². The van der Waals surface area contributed by atoms with Crippen molar-refractivity contribution in [2.45, 2.75) is 13.0 Å².